The second-order valence-electron chi connectivity index (χ2n) is 3.68. The molecule has 0 bridgehead atoms. The number of likely N-dealkylation sites (N-methyl/N-ethyl adjacent to an activating group) is 1. The van der Waals surface area contributed by atoms with Crippen molar-refractivity contribution in [2.45, 2.75) is 18.9 Å². The van der Waals surface area contributed by atoms with E-state index in [1.165, 1.54) is 32.5 Å². The molecule has 0 amide bonds. The number of hydrogen-bond acceptors (Lipinski definition) is 2. The third kappa shape index (κ3) is 1.06. The molecule has 2 heterocycles. The van der Waals surface area contributed by atoms with E-state index in [0.717, 1.165) is 12.0 Å². The molecule has 2 saturated heterocycles. The van der Waals surface area contributed by atoms with Gasteiger partial charge in [0.1, 0.15) is 0 Å². The first-order chi connectivity index (χ1) is 4.86. The number of likely N-dealkylation sites (tertiary alicyclic amines) is 1. The second-order valence-corrected chi connectivity index (χ2v) is 3.68. The van der Waals surface area contributed by atoms with Crippen LogP contribution in [0, 0.1) is 5.92 Å². The van der Waals surface area contributed by atoms with Crippen LogP contribution in [0.4, 0.5) is 0 Å². The van der Waals surface area contributed by atoms with Gasteiger partial charge in [0.25, 0.3) is 0 Å². The topological polar surface area (TPSA) is 15.3 Å². The lowest BCUT2D eigenvalue weighted by atomic mass is 9.94. The maximum atomic E-state index is 3.57. The van der Waals surface area contributed by atoms with E-state index in [0.29, 0.717) is 0 Å². The lowest BCUT2D eigenvalue weighted by Gasteiger charge is -2.24. The summed E-state index contributed by atoms with van der Waals surface area (Å²) in [5.41, 5.74) is 0. The molecule has 0 saturated carbocycles. The van der Waals surface area contributed by atoms with E-state index in [1.807, 2.05) is 0 Å². The molecule has 2 aliphatic heterocycles. The molecular formula is C8H16N2. The second kappa shape index (κ2) is 2.51. The van der Waals surface area contributed by atoms with Gasteiger partial charge in [-0.05, 0) is 32.4 Å². The van der Waals surface area contributed by atoms with Crippen molar-refractivity contribution in [1.29, 1.82) is 0 Å². The summed E-state index contributed by atoms with van der Waals surface area (Å²) >= 11 is 0. The van der Waals surface area contributed by atoms with E-state index in [4.69, 9.17) is 0 Å². The van der Waals surface area contributed by atoms with E-state index < -0.39 is 0 Å². The van der Waals surface area contributed by atoms with E-state index >= 15 is 0 Å². The molecule has 2 heteroatoms. The fourth-order valence-corrected chi connectivity index (χ4v) is 2.26. The van der Waals surface area contributed by atoms with Gasteiger partial charge in [-0.3, -0.25) is 0 Å². The van der Waals surface area contributed by atoms with Crippen molar-refractivity contribution in [3.63, 3.8) is 0 Å². The van der Waals surface area contributed by atoms with Crippen LogP contribution in [0.15, 0.2) is 0 Å². The van der Waals surface area contributed by atoms with Crippen molar-refractivity contribution in [3.05, 3.63) is 0 Å². The number of nitrogens with one attached hydrogen (secondary N) is 1. The van der Waals surface area contributed by atoms with Gasteiger partial charge >= 0.3 is 0 Å². The Labute approximate surface area is 62.6 Å². The van der Waals surface area contributed by atoms with Crippen molar-refractivity contribution in [3.8, 4) is 0 Å². The van der Waals surface area contributed by atoms with Crippen LogP contribution in [0.25, 0.3) is 0 Å². The van der Waals surface area contributed by atoms with Crippen molar-refractivity contribution >= 4 is 0 Å². The largest absolute Gasteiger partial charge is 0.312 e. The molecule has 2 fully saturated rings. The van der Waals surface area contributed by atoms with Gasteiger partial charge in [0.15, 0.2) is 0 Å². The summed E-state index contributed by atoms with van der Waals surface area (Å²) in [4.78, 5) is 2.44. The maximum Gasteiger partial charge on any atom is 0.0235 e. The summed E-state index contributed by atoms with van der Waals surface area (Å²) in [7, 11) is 2.22. The molecule has 0 aromatic heterocycles. The van der Waals surface area contributed by atoms with Crippen LogP contribution in [0.1, 0.15) is 12.8 Å². The van der Waals surface area contributed by atoms with E-state index in [9.17, 15) is 0 Å². The maximum absolute atomic E-state index is 3.57. The van der Waals surface area contributed by atoms with Crippen LogP contribution in [-0.2, 0) is 0 Å². The van der Waals surface area contributed by atoms with Crippen LogP contribution in [0.2, 0.25) is 0 Å². The molecule has 0 unspecified atom stereocenters. The summed E-state index contributed by atoms with van der Waals surface area (Å²) in [6, 6.07) is 0.818. The Balaban J connectivity index is 1.97. The Morgan fingerprint density at radius 2 is 2.30 bits per heavy atom. The summed E-state index contributed by atoms with van der Waals surface area (Å²) in [6.45, 7) is 3.83. The summed E-state index contributed by atoms with van der Waals surface area (Å²) < 4.78 is 0. The predicted molar refractivity (Wildman–Crippen MR) is 42.0 cm³/mol. The summed E-state index contributed by atoms with van der Waals surface area (Å²) in [6.07, 6.45) is 2.83. The minimum Gasteiger partial charge on any atom is -0.312 e. The first-order valence-electron chi connectivity index (χ1n) is 4.28. The Kier molecular flexibility index (Phi) is 1.66. The SMILES string of the molecule is CN1C[C@H]2CCCN[C@H]2C1. The Hall–Kier alpha value is -0.0800. The molecule has 1 N–H and O–H groups in total. The zero-order chi connectivity index (χ0) is 6.97. The van der Waals surface area contributed by atoms with E-state index in [-0.39, 0.29) is 0 Å². The molecule has 0 radical (unpaired) electrons. The van der Waals surface area contributed by atoms with E-state index in [1.54, 1.807) is 0 Å². The highest BCUT2D eigenvalue weighted by atomic mass is 15.2. The Morgan fingerprint density at radius 3 is 3.10 bits per heavy atom. The van der Waals surface area contributed by atoms with Crippen LogP contribution in [0.3, 0.4) is 0 Å². The number of nitrogens with zero attached hydrogens (tertiary/aromatic N) is 1. The molecular weight excluding hydrogens is 124 g/mol. The minimum absolute atomic E-state index is 0.818. The van der Waals surface area contributed by atoms with Crippen LogP contribution < -0.4 is 5.32 Å². The van der Waals surface area contributed by atoms with Crippen LogP contribution in [0.5, 0.6) is 0 Å². The lowest BCUT2D eigenvalue weighted by molar-refractivity contribution is 0.338. The van der Waals surface area contributed by atoms with Crippen LogP contribution >= 0.6 is 0 Å². The number of piperidine rings is 1. The van der Waals surface area contributed by atoms with Gasteiger partial charge in [-0.25, -0.2) is 0 Å². The summed E-state index contributed by atoms with van der Waals surface area (Å²) in [5, 5.41) is 3.57. The highest BCUT2D eigenvalue weighted by Crippen LogP contribution is 2.23. The molecule has 2 atom stereocenters. The highest BCUT2D eigenvalue weighted by molar-refractivity contribution is 4.90. The van der Waals surface area contributed by atoms with Gasteiger partial charge in [-0.2, -0.15) is 0 Å². The first kappa shape index (κ1) is 6.62. The molecule has 0 aromatic rings. The van der Waals surface area contributed by atoms with Gasteiger partial charge in [0, 0.05) is 19.1 Å². The molecule has 0 aromatic carbocycles. The molecule has 10 heavy (non-hydrogen) atoms. The van der Waals surface area contributed by atoms with Gasteiger partial charge < -0.3 is 10.2 Å². The van der Waals surface area contributed by atoms with Gasteiger partial charge in [-0.1, -0.05) is 0 Å². The van der Waals surface area contributed by atoms with Crippen molar-refractivity contribution in [2.75, 3.05) is 26.7 Å². The van der Waals surface area contributed by atoms with E-state index in [2.05, 4.69) is 17.3 Å². The average Bonchev–Trinajstić information content (AvgIpc) is 2.27. The average molecular weight is 140 g/mol. The smallest absolute Gasteiger partial charge is 0.0235 e. The Bertz CT molecular complexity index is 110. The molecule has 2 aliphatic rings. The van der Waals surface area contributed by atoms with Gasteiger partial charge in [-0.15, -0.1) is 0 Å². The molecule has 58 valence electrons. The van der Waals surface area contributed by atoms with Crippen molar-refractivity contribution in [2.24, 2.45) is 5.92 Å². The number of rotatable bonds is 0. The van der Waals surface area contributed by atoms with Crippen molar-refractivity contribution in [1.82, 2.24) is 10.2 Å². The minimum atomic E-state index is 0.818. The summed E-state index contributed by atoms with van der Waals surface area (Å²) in [5.74, 6) is 0.957. The Morgan fingerprint density at radius 1 is 1.40 bits per heavy atom. The third-order valence-electron chi connectivity index (χ3n) is 2.78. The van der Waals surface area contributed by atoms with Gasteiger partial charge in [0.2, 0.25) is 0 Å². The van der Waals surface area contributed by atoms with Crippen molar-refractivity contribution < 1.29 is 0 Å². The highest BCUT2D eigenvalue weighted by Gasteiger charge is 2.31. The number of fused-ring (bicyclic) bond motifs is 1. The van der Waals surface area contributed by atoms with Crippen LogP contribution in [-0.4, -0.2) is 37.6 Å². The fourth-order valence-electron chi connectivity index (χ4n) is 2.26. The zero-order valence-electron chi connectivity index (χ0n) is 6.64. The molecule has 2 nitrogen and oxygen atoms in total. The zero-order valence-corrected chi connectivity index (χ0v) is 6.64. The molecule has 0 aliphatic carbocycles. The fraction of sp³-hybridized carbons (Fsp3) is 1.00. The predicted octanol–water partition coefficient (Wildman–Crippen LogP) is 0.300. The normalized spacial score (nSPS) is 41.7. The monoisotopic (exact) mass is 140 g/mol. The first-order valence-corrected chi connectivity index (χ1v) is 4.28. The van der Waals surface area contributed by atoms with Gasteiger partial charge in [0.05, 0.1) is 0 Å². The molecule has 2 rings (SSSR count). The lowest BCUT2D eigenvalue weighted by Crippen LogP contribution is -2.40. The number of hydrogen-bond donors (Lipinski definition) is 1. The third-order valence-corrected chi connectivity index (χ3v) is 2.78. The standard InChI is InChI=1S/C8H16N2/c1-10-5-7-3-2-4-9-8(7)6-10/h7-9H,2-6H2,1H3/t7-,8+/m1/s1. The molecule has 0 spiro atoms. The quantitative estimate of drug-likeness (QED) is 0.520.